The van der Waals surface area contributed by atoms with E-state index in [4.69, 9.17) is 11.5 Å². The molecule has 2 heterocycles. The Morgan fingerprint density at radius 1 is 1.00 bits per heavy atom. The van der Waals surface area contributed by atoms with Crippen LogP contribution in [0.5, 0.6) is 0 Å². The Bertz CT molecular complexity index is 1080. The molecule has 0 fully saturated rings. The molecular formula is C22H21N5O. The number of anilines is 1. The molecule has 6 heteroatoms. The number of aromatic nitrogens is 2. The summed E-state index contributed by atoms with van der Waals surface area (Å²) in [5.74, 6) is 1.18. The van der Waals surface area contributed by atoms with E-state index >= 15 is 0 Å². The predicted molar refractivity (Wildman–Crippen MR) is 112 cm³/mol. The second-order valence-electron chi connectivity index (χ2n) is 6.92. The summed E-state index contributed by atoms with van der Waals surface area (Å²) in [5, 5.41) is 0. The molecule has 0 spiro atoms. The molecule has 0 radical (unpaired) electrons. The molecule has 6 nitrogen and oxygen atoms in total. The Labute approximate surface area is 163 Å². The highest BCUT2D eigenvalue weighted by Crippen LogP contribution is 2.23. The van der Waals surface area contributed by atoms with Gasteiger partial charge >= 0.3 is 0 Å². The van der Waals surface area contributed by atoms with Gasteiger partial charge in [0.25, 0.3) is 0 Å². The van der Waals surface area contributed by atoms with Crippen LogP contribution in [-0.2, 0) is 17.6 Å². The van der Waals surface area contributed by atoms with Crippen molar-refractivity contribution in [1.82, 2.24) is 9.97 Å². The lowest BCUT2D eigenvalue weighted by Crippen LogP contribution is -2.08. The standard InChI is InChI=1S/C22H21N5O/c23-21-11-18(12-25-21)16-6-4-14(5-7-16)9-19(28)10-15-2-1-3-17(8-15)20-13-26-22(24)27-20/h1-8,12-13H,9-11H2,(H2,23,25)(H3,24,26,27). The largest absolute Gasteiger partial charge is 0.387 e. The third-order valence-corrected chi connectivity index (χ3v) is 4.72. The number of aliphatic imine (C=N–C) groups is 1. The number of H-pyrrole nitrogens is 1. The smallest absolute Gasteiger partial charge is 0.197 e. The fourth-order valence-corrected chi connectivity index (χ4v) is 3.31. The number of aromatic amines is 1. The minimum Gasteiger partial charge on any atom is -0.387 e. The summed E-state index contributed by atoms with van der Waals surface area (Å²) < 4.78 is 0. The number of hydrogen-bond donors (Lipinski definition) is 3. The SMILES string of the molecule is NC1=NC=C(c2ccc(CC(=O)Cc3cccc(-c4cnc(N)[nH]4)c3)cc2)C1. The Kier molecular flexibility index (Phi) is 4.76. The molecule has 0 saturated heterocycles. The van der Waals surface area contributed by atoms with Crippen molar-refractivity contribution in [3.05, 3.63) is 77.6 Å². The lowest BCUT2D eigenvalue weighted by atomic mass is 9.98. The van der Waals surface area contributed by atoms with Crippen molar-refractivity contribution in [2.45, 2.75) is 19.3 Å². The van der Waals surface area contributed by atoms with Crippen LogP contribution in [0.25, 0.3) is 16.8 Å². The number of ketones is 1. The predicted octanol–water partition coefficient (Wildman–Crippen LogP) is 3.12. The van der Waals surface area contributed by atoms with Gasteiger partial charge in [-0.2, -0.15) is 0 Å². The lowest BCUT2D eigenvalue weighted by molar-refractivity contribution is -0.117. The molecule has 0 aliphatic carbocycles. The zero-order valence-electron chi connectivity index (χ0n) is 15.4. The van der Waals surface area contributed by atoms with Gasteiger partial charge in [0.2, 0.25) is 0 Å². The molecule has 2 aromatic carbocycles. The monoisotopic (exact) mass is 371 g/mol. The van der Waals surface area contributed by atoms with Crippen molar-refractivity contribution in [2.75, 3.05) is 5.73 Å². The summed E-state index contributed by atoms with van der Waals surface area (Å²) in [6.07, 6.45) is 4.95. The average Bonchev–Trinajstić information content (AvgIpc) is 3.31. The number of amidine groups is 1. The van der Waals surface area contributed by atoms with E-state index in [-0.39, 0.29) is 5.78 Å². The van der Waals surface area contributed by atoms with Crippen LogP contribution in [0.1, 0.15) is 23.1 Å². The average molecular weight is 371 g/mol. The maximum Gasteiger partial charge on any atom is 0.197 e. The maximum absolute atomic E-state index is 12.5. The summed E-state index contributed by atoms with van der Waals surface area (Å²) in [5.41, 5.74) is 17.3. The van der Waals surface area contributed by atoms with Crippen LogP contribution in [-0.4, -0.2) is 21.6 Å². The summed E-state index contributed by atoms with van der Waals surface area (Å²) in [4.78, 5) is 23.7. The van der Waals surface area contributed by atoms with E-state index in [0.29, 0.717) is 31.0 Å². The molecule has 0 amide bonds. The molecule has 0 atom stereocenters. The molecule has 0 unspecified atom stereocenters. The van der Waals surface area contributed by atoms with Gasteiger partial charge in [0.15, 0.2) is 5.95 Å². The highest BCUT2D eigenvalue weighted by molar-refractivity contribution is 5.95. The summed E-state index contributed by atoms with van der Waals surface area (Å²) in [6, 6.07) is 15.9. The van der Waals surface area contributed by atoms with Gasteiger partial charge in [-0.15, -0.1) is 0 Å². The fourth-order valence-electron chi connectivity index (χ4n) is 3.31. The Morgan fingerprint density at radius 3 is 2.46 bits per heavy atom. The number of hydrogen-bond acceptors (Lipinski definition) is 5. The summed E-state index contributed by atoms with van der Waals surface area (Å²) in [6.45, 7) is 0. The number of nitrogens with one attached hydrogen (secondary N) is 1. The van der Waals surface area contributed by atoms with Crippen molar-refractivity contribution in [2.24, 2.45) is 10.7 Å². The number of nitrogen functional groups attached to an aromatic ring is 1. The number of carbonyl (C=O) groups excluding carboxylic acids is 1. The van der Waals surface area contributed by atoms with Crippen LogP contribution in [0, 0.1) is 0 Å². The van der Waals surface area contributed by atoms with Gasteiger partial charge in [-0.05, 0) is 33.9 Å². The zero-order valence-corrected chi connectivity index (χ0v) is 15.4. The number of imidazole rings is 1. The van der Waals surface area contributed by atoms with Crippen molar-refractivity contribution in [3.63, 3.8) is 0 Å². The number of nitrogens with two attached hydrogens (primary N) is 2. The van der Waals surface area contributed by atoms with Crippen LogP contribution in [0.2, 0.25) is 0 Å². The number of Topliss-reactive ketones (excluding diaryl/α,β-unsaturated/α-hetero) is 1. The van der Waals surface area contributed by atoms with E-state index < -0.39 is 0 Å². The van der Waals surface area contributed by atoms with Crippen molar-refractivity contribution >= 4 is 23.1 Å². The van der Waals surface area contributed by atoms with E-state index in [0.717, 1.165) is 33.5 Å². The Hall–Kier alpha value is -3.67. The molecule has 3 aromatic rings. The Balaban J connectivity index is 1.39. The van der Waals surface area contributed by atoms with Gasteiger partial charge in [0.1, 0.15) is 11.6 Å². The quantitative estimate of drug-likeness (QED) is 0.618. The van der Waals surface area contributed by atoms with Gasteiger partial charge in [-0.1, -0.05) is 42.5 Å². The Morgan fingerprint density at radius 2 is 1.79 bits per heavy atom. The minimum atomic E-state index is 0.168. The van der Waals surface area contributed by atoms with Crippen LogP contribution >= 0.6 is 0 Å². The molecule has 0 bridgehead atoms. The minimum absolute atomic E-state index is 0.168. The van der Waals surface area contributed by atoms with Gasteiger partial charge in [0, 0.05) is 25.5 Å². The van der Waals surface area contributed by atoms with Gasteiger partial charge in [-0.25, -0.2) is 9.98 Å². The van der Waals surface area contributed by atoms with E-state index in [2.05, 4.69) is 15.0 Å². The first kappa shape index (κ1) is 17.7. The van der Waals surface area contributed by atoms with Crippen LogP contribution in [0.15, 0.2) is 65.9 Å². The molecule has 0 saturated carbocycles. The first-order valence-corrected chi connectivity index (χ1v) is 9.09. The molecule has 5 N–H and O–H groups in total. The summed E-state index contributed by atoms with van der Waals surface area (Å²) in [7, 11) is 0. The first-order valence-electron chi connectivity index (χ1n) is 9.09. The highest BCUT2D eigenvalue weighted by Gasteiger charge is 2.11. The second kappa shape index (κ2) is 7.52. The van der Waals surface area contributed by atoms with E-state index in [1.54, 1.807) is 12.4 Å². The normalized spacial score (nSPS) is 13.3. The summed E-state index contributed by atoms with van der Waals surface area (Å²) >= 11 is 0. The first-order chi connectivity index (χ1) is 13.6. The maximum atomic E-state index is 12.5. The molecule has 1 aliphatic rings. The second-order valence-corrected chi connectivity index (χ2v) is 6.92. The van der Waals surface area contributed by atoms with Gasteiger partial charge < -0.3 is 16.5 Å². The van der Waals surface area contributed by atoms with E-state index in [1.807, 2.05) is 48.5 Å². The molecule has 28 heavy (non-hydrogen) atoms. The molecule has 1 aliphatic heterocycles. The van der Waals surface area contributed by atoms with Crippen LogP contribution in [0.4, 0.5) is 5.95 Å². The molecular weight excluding hydrogens is 350 g/mol. The van der Waals surface area contributed by atoms with Crippen molar-refractivity contribution in [1.29, 1.82) is 0 Å². The number of rotatable bonds is 6. The van der Waals surface area contributed by atoms with Crippen LogP contribution in [0.3, 0.4) is 0 Å². The third-order valence-electron chi connectivity index (χ3n) is 4.72. The number of carbonyl (C=O) groups is 1. The van der Waals surface area contributed by atoms with Crippen molar-refractivity contribution in [3.8, 4) is 11.3 Å². The zero-order chi connectivity index (χ0) is 19.5. The third kappa shape index (κ3) is 4.01. The number of benzene rings is 2. The number of nitrogens with zero attached hydrogens (tertiary/aromatic N) is 2. The molecule has 140 valence electrons. The van der Waals surface area contributed by atoms with E-state index in [9.17, 15) is 4.79 Å². The van der Waals surface area contributed by atoms with Crippen molar-refractivity contribution < 1.29 is 4.79 Å². The molecule has 1 aromatic heterocycles. The van der Waals surface area contributed by atoms with Crippen LogP contribution < -0.4 is 11.5 Å². The van der Waals surface area contributed by atoms with E-state index in [1.165, 1.54) is 0 Å². The topological polar surface area (TPSA) is 110 Å². The van der Waals surface area contributed by atoms with Gasteiger partial charge in [-0.3, -0.25) is 4.79 Å². The fraction of sp³-hybridized carbons (Fsp3) is 0.136. The van der Waals surface area contributed by atoms with Gasteiger partial charge in [0.05, 0.1) is 11.9 Å². The highest BCUT2D eigenvalue weighted by atomic mass is 16.1. The molecule has 4 rings (SSSR count). The lowest BCUT2D eigenvalue weighted by Gasteiger charge is -2.06.